The molecule has 2 fully saturated rings. The Labute approximate surface area is 107 Å². The van der Waals surface area contributed by atoms with Gasteiger partial charge in [-0.3, -0.25) is 0 Å². The predicted octanol–water partition coefficient (Wildman–Crippen LogP) is 3.36. The molecule has 17 heavy (non-hydrogen) atoms. The molecular formula is C15H29NO. The summed E-state index contributed by atoms with van der Waals surface area (Å²) in [6, 6.07) is 0.672. The highest BCUT2D eigenvalue weighted by Gasteiger charge is 2.52. The molecule has 0 aromatic carbocycles. The van der Waals surface area contributed by atoms with Gasteiger partial charge in [-0.05, 0) is 38.6 Å². The molecule has 2 atom stereocenters. The van der Waals surface area contributed by atoms with Gasteiger partial charge in [0, 0.05) is 18.1 Å². The molecule has 2 unspecified atom stereocenters. The lowest BCUT2D eigenvalue weighted by Gasteiger charge is -2.55. The van der Waals surface area contributed by atoms with E-state index in [1.54, 1.807) is 0 Å². The zero-order valence-corrected chi connectivity index (χ0v) is 11.8. The Bertz CT molecular complexity index is 233. The number of hydrogen-bond acceptors (Lipinski definition) is 2. The number of nitrogens with one attached hydrogen (secondary N) is 1. The van der Waals surface area contributed by atoms with Crippen molar-refractivity contribution in [1.29, 1.82) is 0 Å². The van der Waals surface area contributed by atoms with Crippen molar-refractivity contribution in [1.82, 2.24) is 5.32 Å². The first-order chi connectivity index (χ1) is 8.26. The summed E-state index contributed by atoms with van der Waals surface area (Å²) >= 11 is 0. The molecule has 1 N–H and O–H groups in total. The second-order valence-electron chi connectivity index (χ2n) is 5.96. The molecule has 2 aliphatic rings. The summed E-state index contributed by atoms with van der Waals surface area (Å²) in [5.74, 6) is 0.979. The quantitative estimate of drug-likeness (QED) is 0.735. The van der Waals surface area contributed by atoms with Gasteiger partial charge in [0.05, 0.1) is 6.10 Å². The van der Waals surface area contributed by atoms with Crippen molar-refractivity contribution in [3.8, 4) is 0 Å². The second kappa shape index (κ2) is 5.71. The van der Waals surface area contributed by atoms with E-state index >= 15 is 0 Å². The van der Waals surface area contributed by atoms with Gasteiger partial charge >= 0.3 is 0 Å². The van der Waals surface area contributed by atoms with Crippen molar-refractivity contribution < 1.29 is 4.74 Å². The van der Waals surface area contributed by atoms with E-state index in [0.29, 0.717) is 17.6 Å². The third-order valence-electron chi connectivity index (χ3n) is 5.52. The van der Waals surface area contributed by atoms with E-state index in [4.69, 9.17) is 4.74 Å². The Morgan fingerprint density at radius 2 is 1.94 bits per heavy atom. The average molecular weight is 239 g/mol. The Morgan fingerprint density at radius 3 is 2.41 bits per heavy atom. The van der Waals surface area contributed by atoms with Crippen LogP contribution >= 0.6 is 0 Å². The molecule has 0 bridgehead atoms. The first-order valence-electron chi connectivity index (χ1n) is 7.55. The van der Waals surface area contributed by atoms with Crippen LogP contribution < -0.4 is 5.32 Å². The van der Waals surface area contributed by atoms with Gasteiger partial charge in [0.25, 0.3) is 0 Å². The van der Waals surface area contributed by atoms with E-state index in [-0.39, 0.29) is 0 Å². The molecule has 0 spiro atoms. The minimum absolute atomic E-state index is 0.411. The average Bonchev–Trinajstić information content (AvgIpc) is 2.26. The molecule has 0 heterocycles. The summed E-state index contributed by atoms with van der Waals surface area (Å²) in [5.41, 5.74) is 0.411. The standard InChI is InChI=1S/C15H29NO/c1-4-15(5-2)13(16-3)11-14(15)17-10-9-12-7-6-8-12/h12-14,16H,4-11H2,1-3H3. The smallest absolute Gasteiger partial charge is 0.0661 e. The lowest BCUT2D eigenvalue weighted by atomic mass is 9.58. The Hall–Kier alpha value is -0.0800. The van der Waals surface area contributed by atoms with Crippen LogP contribution in [0.25, 0.3) is 0 Å². The van der Waals surface area contributed by atoms with Crippen LogP contribution in [0.15, 0.2) is 0 Å². The Kier molecular flexibility index (Phi) is 4.48. The lowest BCUT2D eigenvalue weighted by molar-refractivity contribution is -0.141. The van der Waals surface area contributed by atoms with Gasteiger partial charge in [-0.15, -0.1) is 0 Å². The number of rotatable bonds is 7. The zero-order valence-electron chi connectivity index (χ0n) is 11.8. The molecule has 2 nitrogen and oxygen atoms in total. The van der Waals surface area contributed by atoms with Crippen LogP contribution in [0.4, 0.5) is 0 Å². The maximum Gasteiger partial charge on any atom is 0.0661 e. The van der Waals surface area contributed by atoms with E-state index in [2.05, 4.69) is 26.2 Å². The van der Waals surface area contributed by atoms with Crippen molar-refractivity contribution in [3.63, 3.8) is 0 Å². The lowest BCUT2D eigenvalue weighted by Crippen LogP contribution is -2.62. The molecule has 0 aliphatic heterocycles. The van der Waals surface area contributed by atoms with Gasteiger partial charge in [-0.2, -0.15) is 0 Å². The van der Waals surface area contributed by atoms with Gasteiger partial charge in [0.2, 0.25) is 0 Å². The summed E-state index contributed by atoms with van der Waals surface area (Å²) in [6.07, 6.45) is 9.83. The molecular weight excluding hydrogens is 210 g/mol. The van der Waals surface area contributed by atoms with E-state index in [1.165, 1.54) is 44.9 Å². The summed E-state index contributed by atoms with van der Waals surface area (Å²) in [7, 11) is 2.09. The first-order valence-corrected chi connectivity index (χ1v) is 7.55. The third-order valence-corrected chi connectivity index (χ3v) is 5.52. The molecule has 0 aromatic rings. The Morgan fingerprint density at radius 1 is 1.24 bits per heavy atom. The number of hydrogen-bond donors (Lipinski definition) is 1. The fraction of sp³-hybridized carbons (Fsp3) is 1.00. The summed E-state index contributed by atoms with van der Waals surface area (Å²) in [4.78, 5) is 0. The maximum absolute atomic E-state index is 6.17. The van der Waals surface area contributed by atoms with Crippen LogP contribution in [0, 0.1) is 11.3 Å². The normalized spacial score (nSPS) is 31.9. The van der Waals surface area contributed by atoms with Crippen molar-refractivity contribution in [2.24, 2.45) is 11.3 Å². The van der Waals surface area contributed by atoms with E-state index in [0.717, 1.165) is 12.5 Å². The van der Waals surface area contributed by atoms with Crippen LogP contribution in [0.3, 0.4) is 0 Å². The highest BCUT2D eigenvalue weighted by Crippen LogP contribution is 2.48. The van der Waals surface area contributed by atoms with Crippen LogP contribution in [0.2, 0.25) is 0 Å². The van der Waals surface area contributed by atoms with Crippen molar-refractivity contribution in [3.05, 3.63) is 0 Å². The fourth-order valence-electron chi connectivity index (χ4n) is 3.74. The molecule has 2 saturated carbocycles. The van der Waals surface area contributed by atoms with E-state index in [1.807, 2.05) is 0 Å². The molecule has 2 aliphatic carbocycles. The van der Waals surface area contributed by atoms with E-state index < -0.39 is 0 Å². The highest BCUT2D eigenvalue weighted by molar-refractivity contribution is 5.06. The molecule has 0 amide bonds. The van der Waals surface area contributed by atoms with Crippen molar-refractivity contribution in [2.75, 3.05) is 13.7 Å². The van der Waals surface area contributed by atoms with Gasteiger partial charge in [0.1, 0.15) is 0 Å². The van der Waals surface area contributed by atoms with E-state index in [9.17, 15) is 0 Å². The topological polar surface area (TPSA) is 21.3 Å². The second-order valence-corrected chi connectivity index (χ2v) is 5.96. The first kappa shape index (κ1) is 13.4. The van der Waals surface area contributed by atoms with Crippen molar-refractivity contribution in [2.45, 2.75) is 70.9 Å². The Balaban J connectivity index is 1.75. The molecule has 0 radical (unpaired) electrons. The molecule has 2 heteroatoms. The summed E-state index contributed by atoms with van der Waals surface area (Å²) < 4.78 is 6.17. The monoisotopic (exact) mass is 239 g/mol. The molecule has 100 valence electrons. The zero-order chi connectivity index (χ0) is 12.3. The third kappa shape index (κ3) is 2.39. The SMILES string of the molecule is CCC1(CC)C(NC)CC1OCCC1CCC1. The number of ether oxygens (including phenoxy) is 1. The van der Waals surface area contributed by atoms with Gasteiger partial charge < -0.3 is 10.1 Å². The largest absolute Gasteiger partial charge is 0.378 e. The van der Waals surface area contributed by atoms with Crippen LogP contribution in [0.1, 0.15) is 58.8 Å². The predicted molar refractivity (Wildman–Crippen MR) is 72.2 cm³/mol. The molecule has 0 aromatic heterocycles. The van der Waals surface area contributed by atoms with Crippen LogP contribution in [-0.4, -0.2) is 25.8 Å². The summed E-state index contributed by atoms with van der Waals surface area (Å²) in [6.45, 7) is 5.62. The van der Waals surface area contributed by atoms with Gasteiger partial charge in [-0.25, -0.2) is 0 Å². The molecule has 0 saturated heterocycles. The van der Waals surface area contributed by atoms with Crippen LogP contribution in [-0.2, 0) is 4.74 Å². The fourth-order valence-corrected chi connectivity index (χ4v) is 3.74. The summed E-state index contributed by atoms with van der Waals surface area (Å²) in [5, 5.41) is 3.47. The van der Waals surface area contributed by atoms with Crippen LogP contribution in [0.5, 0.6) is 0 Å². The minimum Gasteiger partial charge on any atom is -0.378 e. The molecule has 2 rings (SSSR count). The van der Waals surface area contributed by atoms with Gasteiger partial charge in [-0.1, -0.05) is 33.1 Å². The minimum atomic E-state index is 0.411. The highest BCUT2D eigenvalue weighted by atomic mass is 16.5. The van der Waals surface area contributed by atoms with Gasteiger partial charge in [0.15, 0.2) is 0 Å². The van der Waals surface area contributed by atoms with Crippen molar-refractivity contribution >= 4 is 0 Å². The maximum atomic E-state index is 6.17.